The number of pyridine rings is 1. The molecule has 0 saturated carbocycles. The molecule has 1 amide bonds. The fraction of sp³-hybridized carbons (Fsp3) is 0.130. The number of nitrogens with one attached hydrogen (secondary N) is 1. The summed E-state index contributed by atoms with van der Waals surface area (Å²) in [4.78, 5) is 17.9. The Bertz CT molecular complexity index is 1140. The predicted octanol–water partition coefficient (Wildman–Crippen LogP) is 3.61. The zero-order valence-corrected chi connectivity index (χ0v) is 15.6. The highest BCUT2D eigenvalue weighted by Gasteiger charge is 2.17. The second-order valence-electron chi connectivity index (χ2n) is 6.99. The number of carbonyl (C=O) groups excluding carboxylic acids is 1. The fourth-order valence-corrected chi connectivity index (χ4v) is 3.61. The molecule has 29 heavy (non-hydrogen) atoms. The van der Waals surface area contributed by atoms with Crippen LogP contribution in [0.2, 0.25) is 0 Å². The van der Waals surface area contributed by atoms with Gasteiger partial charge in [-0.1, -0.05) is 36.4 Å². The van der Waals surface area contributed by atoms with E-state index in [1.165, 1.54) is 17.3 Å². The molecule has 5 rings (SSSR count). The summed E-state index contributed by atoms with van der Waals surface area (Å²) in [5.41, 5.74) is 10.3. The molecule has 0 fully saturated rings. The molecule has 0 radical (unpaired) electrons. The lowest BCUT2D eigenvalue weighted by atomic mass is 10.0. The maximum absolute atomic E-state index is 13.8. The molecule has 0 saturated heterocycles. The lowest BCUT2D eigenvalue weighted by Crippen LogP contribution is -2.10. The van der Waals surface area contributed by atoms with Crippen LogP contribution < -0.4 is 5.73 Å². The average Bonchev–Trinajstić information content (AvgIpc) is 3.30. The van der Waals surface area contributed by atoms with Gasteiger partial charge in [0.1, 0.15) is 5.65 Å². The van der Waals surface area contributed by atoms with Crippen molar-refractivity contribution < 1.29 is 14.3 Å². The highest BCUT2D eigenvalue weighted by atomic mass is 19.1. The molecule has 0 atom stereocenters. The number of aromatic nitrogens is 2. The maximum atomic E-state index is 13.8. The molecule has 0 unspecified atom stereocenters. The minimum atomic E-state index is -0.487. The van der Waals surface area contributed by atoms with Crippen LogP contribution in [0.1, 0.15) is 21.5 Å². The summed E-state index contributed by atoms with van der Waals surface area (Å²) < 4.78 is 13.8. The topological polar surface area (TPSA) is 92.0 Å². The van der Waals surface area contributed by atoms with Crippen LogP contribution in [0.25, 0.3) is 22.2 Å². The van der Waals surface area contributed by atoms with Gasteiger partial charge in [0, 0.05) is 18.0 Å². The number of aliphatic hydroxyl groups excluding tert-OH is 1. The number of primary amides is 1. The second kappa shape index (κ2) is 7.85. The molecule has 5 nitrogen and oxygen atoms in total. The van der Waals surface area contributed by atoms with Crippen LogP contribution in [0.4, 0.5) is 4.39 Å². The number of benzene rings is 2. The van der Waals surface area contributed by atoms with Crippen LogP contribution in [0.15, 0.2) is 67.0 Å². The first kappa shape index (κ1) is 18.8. The highest BCUT2D eigenvalue weighted by Crippen LogP contribution is 2.29. The molecule has 1 aliphatic rings. The molecule has 0 aliphatic heterocycles. The number of H-pyrrole nitrogens is 1. The molecule has 6 heteroatoms. The van der Waals surface area contributed by atoms with Crippen molar-refractivity contribution in [2.45, 2.75) is 18.9 Å². The first-order valence-corrected chi connectivity index (χ1v) is 9.29. The predicted molar refractivity (Wildman–Crippen MR) is 110 cm³/mol. The zero-order valence-electron chi connectivity index (χ0n) is 15.6. The molecule has 4 N–H and O–H groups in total. The minimum Gasteiger partial charge on any atom is -0.392 e. The van der Waals surface area contributed by atoms with E-state index in [2.05, 4.69) is 22.1 Å². The number of halogens is 1. The SMILES string of the molecule is NC(=O)c1ccc(-c2ccnc3[nH]cc(F)c23)cc1.OC1Cc2ccccc2C1. The van der Waals surface area contributed by atoms with Crippen molar-refractivity contribution >= 4 is 16.9 Å². The molecule has 2 aromatic carbocycles. The third-order valence-corrected chi connectivity index (χ3v) is 5.04. The smallest absolute Gasteiger partial charge is 0.248 e. The molecule has 146 valence electrons. The summed E-state index contributed by atoms with van der Waals surface area (Å²) in [5, 5.41) is 9.69. The molecule has 0 bridgehead atoms. The van der Waals surface area contributed by atoms with Crippen molar-refractivity contribution in [2.24, 2.45) is 5.73 Å². The van der Waals surface area contributed by atoms with Gasteiger partial charge < -0.3 is 15.8 Å². The van der Waals surface area contributed by atoms with Gasteiger partial charge in [0.25, 0.3) is 0 Å². The van der Waals surface area contributed by atoms with Crippen LogP contribution in [-0.2, 0) is 12.8 Å². The number of rotatable bonds is 2. The molecule has 4 aromatic rings. The summed E-state index contributed by atoms with van der Waals surface area (Å²) in [6.07, 6.45) is 4.44. The highest BCUT2D eigenvalue weighted by molar-refractivity contribution is 5.96. The number of amides is 1. The van der Waals surface area contributed by atoms with Gasteiger partial charge in [0.2, 0.25) is 5.91 Å². The number of nitrogens with two attached hydrogens (primary N) is 1. The molecular weight excluding hydrogens is 369 g/mol. The Balaban J connectivity index is 0.000000171. The molecule has 2 aromatic heterocycles. The number of nitrogens with zero attached hydrogens (tertiary/aromatic N) is 1. The molecule has 0 spiro atoms. The van der Waals surface area contributed by atoms with Gasteiger partial charge in [0.15, 0.2) is 5.82 Å². The fourth-order valence-electron chi connectivity index (χ4n) is 3.61. The lowest BCUT2D eigenvalue weighted by molar-refractivity contribution is 0.100. The van der Waals surface area contributed by atoms with Gasteiger partial charge in [-0.2, -0.15) is 0 Å². The van der Waals surface area contributed by atoms with Crippen molar-refractivity contribution in [2.75, 3.05) is 0 Å². The normalized spacial score (nSPS) is 13.0. The summed E-state index contributed by atoms with van der Waals surface area (Å²) >= 11 is 0. The Morgan fingerprint density at radius 1 is 1.07 bits per heavy atom. The number of fused-ring (bicyclic) bond motifs is 2. The lowest BCUT2D eigenvalue weighted by Gasteiger charge is -2.04. The van der Waals surface area contributed by atoms with E-state index in [1.54, 1.807) is 36.5 Å². The van der Waals surface area contributed by atoms with E-state index in [0.717, 1.165) is 24.0 Å². The standard InChI is InChI=1S/C14H10FN3O.C9H10O/c15-11-7-18-14-12(11)10(5-6-17-14)8-1-3-9(4-2-8)13(16)19;10-9-5-7-3-1-2-4-8(7)6-9/h1-7H,(H2,16,19)(H,17,18);1-4,9-10H,5-6H2. The van der Waals surface area contributed by atoms with Crippen LogP contribution in [0, 0.1) is 5.82 Å². The van der Waals surface area contributed by atoms with Gasteiger partial charge in [0.05, 0.1) is 11.5 Å². The van der Waals surface area contributed by atoms with E-state index in [9.17, 15) is 14.3 Å². The minimum absolute atomic E-state index is 0.127. The Kier molecular flexibility index (Phi) is 5.10. The molecule has 2 heterocycles. The molecular formula is C23H20FN3O2. The third kappa shape index (κ3) is 3.88. The van der Waals surface area contributed by atoms with E-state index >= 15 is 0 Å². The van der Waals surface area contributed by atoms with Crippen LogP contribution in [0.5, 0.6) is 0 Å². The van der Waals surface area contributed by atoms with E-state index in [1.807, 2.05) is 12.1 Å². The van der Waals surface area contributed by atoms with Gasteiger partial charge in [-0.15, -0.1) is 0 Å². The van der Waals surface area contributed by atoms with Crippen LogP contribution >= 0.6 is 0 Å². The van der Waals surface area contributed by atoms with Crippen LogP contribution in [0.3, 0.4) is 0 Å². The van der Waals surface area contributed by atoms with Crippen molar-refractivity contribution in [3.8, 4) is 11.1 Å². The Hall–Kier alpha value is -3.51. The van der Waals surface area contributed by atoms with Crippen LogP contribution in [-0.4, -0.2) is 27.1 Å². The van der Waals surface area contributed by atoms with E-state index in [-0.39, 0.29) is 11.9 Å². The number of aliphatic hydroxyl groups is 1. The summed E-state index contributed by atoms with van der Waals surface area (Å²) in [5.74, 6) is -0.837. The number of hydrogen-bond acceptors (Lipinski definition) is 3. The summed E-state index contributed by atoms with van der Waals surface area (Å²) in [6.45, 7) is 0. The third-order valence-electron chi connectivity index (χ3n) is 5.04. The van der Waals surface area contributed by atoms with Gasteiger partial charge >= 0.3 is 0 Å². The largest absolute Gasteiger partial charge is 0.392 e. The van der Waals surface area contributed by atoms with Gasteiger partial charge in [-0.3, -0.25) is 4.79 Å². The Morgan fingerprint density at radius 2 is 1.72 bits per heavy atom. The summed E-state index contributed by atoms with van der Waals surface area (Å²) in [7, 11) is 0. The number of hydrogen-bond donors (Lipinski definition) is 3. The van der Waals surface area contributed by atoms with Crippen molar-refractivity contribution in [3.63, 3.8) is 0 Å². The average molecular weight is 389 g/mol. The number of carbonyl (C=O) groups is 1. The Labute approximate surface area is 167 Å². The van der Waals surface area contributed by atoms with Gasteiger partial charge in [-0.05, 0) is 53.3 Å². The van der Waals surface area contributed by atoms with Crippen molar-refractivity contribution in [1.82, 2.24) is 9.97 Å². The monoisotopic (exact) mass is 389 g/mol. The van der Waals surface area contributed by atoms with E-state index < -0.39 is 5.91 Å². The quantitative estimate of drug-likeness (QED) is 0.489. The van der Waals surface area contributed by atoms with E-state index in [0.29, 0.717) is 16.6 Å². The zero-order chi connectivity index (χ0) is 20.4. The summed E-state index contributed by atoms with van der Waals surface area (Å²) in [6, 6.07) is 16.7. The molecule has 1 aliphatic carbocycles. The van der Waals surface area contributed by atoms with E-state index in [4.69, 9.17) is 5.73 Å². The maximum Gasteiger partial charge on any atom is 0.248 e. The second-order valence-corrected chi connectivity index (χ2v) is 6.99. The van der Waals surface area contributed by atoms with Crippen molar-refractivity contribution in [3.05, 3.63) is 89.5 Å². The van der Waals surface area contributed by atoms with Crippen molar-refractivity contribution in [1.29, 1.82) is 0 Å². The first-order chi connectivity index (χ1) is 14.0. The number of aromatic amines is 1. The Morgan fingerprint density at radius 3 is 2.34 bits per heavy atom. The first-order valence-electron chi connectivity index (χ1n) is 9.29. The van der Waals surface area contributed by atoms with Gasteiger partial charge in [-0.25, -0.2) is 9.37 Å².